The minimum atomic E-state index is -1.47. The molecule has 1 saturated carbocycles. The Balaban J connectivity index is 2.10. The van der Waals surface area contributed by atoms with Crippen molar-refractivity contribution in [3.05, 3.63) is 35.9 Å². The van der Waals surface area contributed by atoms with E-state index in [1.54, 1.807) is 0 Å². The quantitative estimate of drug-likeness (QED) is 0.769. The summed E-state index contributed by atoms with van der Waals surface area (Å²) >= 11 is 0. The molecule has 0 heterocycles. The highest BCUT2D eigenvalue weighted by atomic mass is 31.2. The summed E-state index contributed by atoms with van der Waals surface area (Å²) in [5.74, 6) is 0.405. The van der Waals surface area contributed by atoms with Crippen LogP contribution in [0.25, 0.3) is 0 Å². The van der Waals surface area contributed by atoms with E-state index in [0.29, 0.717) is 18.5 Å². The van der Waals surface area contributed by atoms with Crippen LogP contribution in [0.4, 0.5) is 0 Å². The Kier molecular flexibility index (Phi) is 6.38. The molecule has 1 N–H and O–H groups in total. The Morgan fingerprint density at radius 1 is 1.27 bits per heavy atom. The van der Waals surface area contributed by atoms with Gasteiger partial charge in [0.2, 0.25) is 0 Å². The predicted octanol–water partition coefficient (Wildman–Crippen LogP) is 4.76. The van der Waals surface area contributed by atoms with E-state index >= 15 is 0 Å². The molecule has 0 aliphatic heterocycles. The van der Waals surface area contributed by atoms with Gasteiger partial charge in [-0.1, -0.05) is 57.0 Å². The van der Waals surface area contributed by atoms with Crippen LogP contribution in [0.1, 0.15) is 51.5 Å². The number of nitrogens with zero attached hydrogens (tertiary/aromatic N) is 1. The van der Waals surface area contributed by atoms with Gasteiger partial charge in [0.05, 0.1) is 12.2 Å². The fourth-order valence-corrected chi connectivity index (χ4v) is 4.45. The number of rotatable bonds is 6. The second kappa shape index (κ2) is 8.06. The van der Waals surface area contributed by atoms with Crippen LogP contribution in [0.5, 0.6) is 0 Å². The summed E-state index contributed by atoms with van der Waals surface area (Å²) in [6.45, 7) is 4.56. The van der Waals surface area contributed by atoms with Gasteiger partial charge >= 0.3 is 0 Å². The molecule has 22 heavy (non-hydrogen) atoms. The van der Waals surface area contributed by atoms with Gasteiger partial charge in [-0.25, -0.2) is 0 Å². The molecule has 0 spiro atoms. The Morgan fingerprint density at radius 3 is 2.64 bits per heavy atom. The van der Waals surface area contributed by atoms with Gasteiger partial charge < -0.3 is 9.42 Å². The average Bonchev–Trinajstić information content (AvgIpc) is 2.54. The molecule has 3 atom stereocenters. The topological polar surface area (TPSA) is 53.2 Å². The smallest absolute Gasteiger partial charge is 0.169 e. The molecule has 1 aliphatic rings. The average molecular weight is 319 g/mol. The van der Waals surface area contributed by atoms with E-state index < -0.39 is 8.38 Å². The van der Waals surface area contributed by atoms with Crippen LogP contribution in [0.15, 0.2) is 30.3 Å². The van der Waals surface area contributed by atoms with Gasteiger partial charge in [0, 0.05) is 12.6 Å². The van der Waals surface area contributed by atoms with Crippen molar-refractivity contribution in [3.8, 4) is 6.07 Å². The lowest BCUT2D eigenvalue weighted by Crippen LogP contribution is -2.40. The van der Waals surface area contributed by atoms with Crippen molar-refractivity contribution in [2.24, 2.45) is 5.92 Å². The largest absolute Gasteiger partial charge is 0.350 e. The van der Waals surface area contributed by atoms with Crippen molar-refractivity contribution < 1.29 is 9.42 Å². The molecular formula is C18H26NO2P. The molecule has 0 aromatic heterocycles. The third kappa shape index (κ3) is 4.29. The third-order valence-corrected chi connectivity index (χ3v) is 5.94. The zero-order chi connectivity index (χ0) is 16.0. The molecular weight excluding hydrogens is 293 g/mol. The zero-order valence-electron chi connectivity index (χ0n) is 13.5. The number of benzene rings is 1. The summed E-state index contributed by atoms with van der Waals surface area (Å²) in [7, 11) is -1.47. The van der Waals surface area contributed by atoms with Crippen molar-refractivity contribution in [3.63, 3.8) is 0 Å². The van der Waals surface area contributed by atoms with Crippen LogP contribution < -0.4 is 0 Å². The number of hydrogen-bond acceptors (Lipinski definition) is 3. The molecule has 0 amide bonds. The van der Waals surface area contributed by atoms with Gasteiger partial charge in [0.1, 0.15) is 0 Å². The maximum Gasteiger partial charge on any atom is 0.169 e. The Labute approximate surface area is 135 Å². The predicted molar refractivity (Wildman–Crippen MR) is 90.5 cm³/mol. The molecule has 0 bridgehead atoms. The minimum Gasteiger partial charge on any atom is -0.350 e. The highest BCUT2D eigenvalue weighted by molar-refractivity contribution is 7.46. The summed E-state index contributed by atoms with van der Waals surface area (Å²) < 4.78 is 5.98. The molecule has 0 radical (unpaired) electrons. The summed E-state index contributed by atoms with van der Waals surface area (Å²) in [5.41, 5.74) is 1.35. The maximum absolute atomic E-state index is 10.1. The molecule has 0 saturated heterocycles. The van der Waals surface area contributed by atoms with E-state index in [4.69, 9.17) is 9.79 Å². The first kappa shape index (κ1) is 17.4. The molecule has 4 heteroatoms. The SMILES string of the molecule is CC(C)(c1ccccc1)C1CCCCC1OP(O)CCC#N. The second-order valence-electron chi connectivity index (χ2n) is 6.61. The van der Waals surface area contributed by atoms with E-state index in [9.17, 15) is 4.89 Å². The summed E-state index contributed by atoms with van der Waals surface area (Å²) in [6, 6.07) is 12.7. The van der Waals surface area contributed by atoms with Crippen LogP contribution in [0.2, 0.25) is 0 Å². The maximum atomic E-state index is 10.1. The molecule has 1 aromatic carbocycles. The van der Waals surface area contributed by atoms with Crippen molar-refractivity contribution in [2.75, 3.05) is 6.16 Å². The highest BCUT2D eigenvalue weighted by Crippen LogP contribution is 2.46. The van der Waals surface area contributed by atoms with E-state index in [1.165, 1.54) is 12.0 Å². The molecule has 1 fully saturated rings. The van der Waals surface area contributed by atoms with E-state index in [2.05, 4.69) is 44.2 Å². The van der Waals surface area contributed by atoms with Gasteiger partial charge in [-0.05, 0) is 29.7 Å². The normalized spacial score (nSPS) is 23.7. The zero-order valence-corrected chi connectivity index (χ0v) is 14.4. The molecule has 120 valence electrons. The minimum absolute atomic E-state index is 0.0255. The van der Waals surface area contributed by atoms with Crippen molar-refractivity contribution in [2.45, 2.75) is 57.5 Å². The Bertz CT molecular complexity index is 498. The van der Waals surface area contributed by atoms with E-state index in [-0.39, 0.29) is 11.5 Å². The van der Waals surface area contributed by atoms with Crippen LogP contribution in [0.3, 0.4) is 0 Å². The molecule has 3 nitrogen and oxygen atoms in total. The number of nitriles is 1. The third-order valence-electron chi connectivity index (χ3n) is 4.82. The van der Waals surface area contributed by atoms with Crippen LogP contribution in [-0.2, 0) is 9.94 Å². The van der Waals surface area contributed by atoms with Gasteiger partial charge in [-0.15, -0.1) is 0 Å². The fourth-order valence-electron chi connectivity index (χ4n) is 3.49. The highest BCUT2D eigenvalue weighted by Gasteiger charge is 2.39. The molecule has 1 aromatic rings. The summed E-state index contributed by atoms with van der Waals surface area (Å²) in [5, 5.41) is 8.64. The van der Waals surface area contributed by atoms with Gasteiger partial charge in [-0.3, -0.25) is 0 Å². The van der Waals surface area contributed by atoms with Crippen molar-refractivity contribution in [1.29, 1.82) is 5.26 Å². The van der Waals surface area contributed by atoms with Crippen LogP contribution in [0, 0.1) is 17.2 Å². The van der Waals surface area contributed by atoms with Crippen LogP contribution in [-0.4, -0.2) is 17.2 Å². The first-order chi connectivity index (χ1) is 10.6. The molecule has 3 unspecified atom stereocenters. The lowest BCUT2D eigenvalue weighted by atomic mass is 9.66. The first-order valence-corrected chi connectivity index (χ1v) is 9.51. The van der Waals surface area contributed by atoms with E-state index in [1.807, 2.05) is 6.07 Å². The van der Waals surface area contributed by atoms with Crippen molar-refractivity contribution in [1.82, 2.24) is 0 Å². The van der Waals surface area contributed by atoms with E-state index in [0.717, 1.165) is 19.3 Å². The molecule has 2 rings (SSSR count). The monoisotopic (exact) mass is 319 g/mol. The lowest BCUT2D eigenvalue weighted by Gasteiger charge is -2.43. The van der Waals surface area contributed by atoms with Gasteiger partial charge in [0.25, 0.3) is 0 Å². The Hall–Kier alpha value is -0.940. The first-order valence-electron chi connectivity index (χ1n) is 8.11. The molecule has 1 aliphatic carbocycles. The fraction of sp³-hybridized carbons (Fsp3) is 0.611. The lowest BCUT2D eigenvalue weighted by molar-refractivity contribution is 0.0532. The van der Waals surface area contributed by atoms with Crippen molar-refractivity contribution >= 4 is 8.38 Å². The van der Waals surface area contributed by atoms with Gasteiger partial charge in [-0.2, -0.15) is 5.26 Å². The van der Waals surface area contributed by atoms with Gasteiger partial charge in [0.15, 0.2) is 8.38 Å². The Morgan fingerprint density at radius 2 is 1.95 bits per heavy atom. The summed E-state index contributed by atoms with van der Waals surface area (Å²) in [4.78, 5) is 10.1. The number of hydrogen-bond donors (Lipinski definition) is 1. The standard InChI is InChI=1S/C18H26NO2P/c1-18(2,15-9-4-3-5-10-15)16-11-6-7-12-17(16)21-22(20)14-8-13-19/h3-5,9-10,16-17,20H,6-8,11-12,14H2,1-2H3. The summed E-state index contributed by atoms with van der Waals surface area (Å²) in [6.07, 6.45) is 5.44. The van der Waals surface area contributed by atoms with Crippen LogP contribution >= 0.6 is 8.38 Å². The second-order valence-corrected chi connectivity index (χ2v) is 7.97.